The monoisotopic (exact) mass is 329 g/mol. The second-order valence-corrected chi connectivity index (χ2v) is 4.85. The summed E-state index contributed by atoms with van der Waals surface area (Å²) in [6.07, 6.45) is 1.68. The maximum atomic E-state index is 13.1. The zero-order valence-corrected chi connectivity index (χ0v) is 10.7. The van der Waals surface area contributed by atoms with E-state index in [4.69, 9.17) is 0 Å². The van der Waals surface area contributed by atoms with Crippen molar-refractivity contribution in [1.29, 1.82) is 0 Å². The smallest absolute Gasteiger partial charge is 0.125 e. The second-order valence-electron chi connectivity index (χ2n) is 3.02. The van der Waals surface area contributed by atoms with Gasteiger partial charge in [0, 0.05) is 20.7 Å². The van der Waals surface area contributed by atoms with Gasteiger partial charge in [0.1, 0.15) is 5.82 Å². The van der Waals surface area contributed by atoms with Crippen LogP contribution in [0.5, 0.6) is 0 Å². The molecule has 1 aromatic heterocycles. The summed E-state index contributed by atoms with van der Waals surface area (Å²) in [5.74, 6) is -0.277. The van der Waals surface area contributed by atoms with Crippen LogP contribution in [0.2, 0.25) is 0 Å². The molecule has 0 aliphatic carbocycles. The van der Waals surface area contributed by atoms with E-state index in [2.05, 4.69) is 36.8 Å². The molecule has 76 valence electrons. The minimum Gasteiger partial charge on any atom is -0.256 e. The van der Waals surface area contributed by atoms with Crippen LogP contribution in [0.1, 0.15) is 0 Å². The van der Waals surface area contributed by atoms with Gasteiger partial charge in [-0.15, -0.1) is 0 Å². The normalized spacial score (nSPS) is 10.3. The van der Waals surface area contributed by atoms with Crippen molar-refractivity contribution >= 4 is 31.9 Å². The lowest BCUT2D eigenvalue weighted by molar-refractivity contribution is 0.627. The number of nitrogens with zero attached hydrogens (tertiary/aromatic N) is 1. The third kappa shape index (κ3) is 2.63. The first-order valence-corrected chi connectivity index (χ1v) is 5.82. The van der Waals surface area contributed by atoms with Crippen molar-refractivity contribution in [3.63, 3.8) is 0 Å². The molecule has 2 aromatic rings. The van der Waals surface area contributed by atoms with E-state index in [1.165, 1.54) is 12.1 Å². The van der Waals surface area contributed by atoms with E-state index in [1.54, 1.807) is 6.20 Å². The molecule has 2 rings (SSSR count). The van der Waals surface area contributed by atoms with Gasteiger partial charge in [0.15, 0.2) is 0 Å². The van der Waals surface area contributed by atoms with Gasteiger partial charge in [-0.2, -0.15) is 0 Å². The van der Waals surface area contributed by atoms with Crippen LogP contribution in [0.4, 0.5) is 4.39 Å². The van der Waals surface area contributed by atoms with Crippen molar-refractivity contribution in [2.75, 3.05) is 0 Å². The molecule has 0 unspecified atom stereocenters. The van der Waals surface area contributed by atoms with Crippen LogP contribution >= 0.6 is 31.9 Å². The number of halogens is 3. The number of benzene rings is 1. The molecule has 0 aliphatic heterocycles. The molecule has 4 heteroatoms. The molecule has 0 N–H and O–H groups in total. The number of pyridine rings is 1. The lowest BCUT2D eigenvalue weighted by atomic mass is 10.1. The maximum Gasteiger partial charge on any atom is 0.125 e. The van der Waals surface area contributed by atoms with E-state index in [-0.39, 0.29) is 5.82 Å². The van der Waals surface area contributed by atoms with Gasteiger partial charge in [0.25, 0.3) is 0 Å². The Morgan fingerprint density at radius 1 is 1.00 bits per heavy atom. The summed E-state index contributed by atoms with van der Waals surface area (Å²) in [7, 11) is 0. The molecule has 1 heterocycles. The van der Waals surface area contributed by atoms with Crippen LogP contribution in [0.25, 0.3) is 11.3 Å². The van der Waals surface area contributed by atoms with Crippen LogP contribution in [0.15, 0.2) is 45.5 Å². The molecule has 0 spiro atoms. The van der Waals surface area contributed by atoms with Gasteiger partial charge in [-0.1, -0.05) is 31.9 Å². The van der Waals surface area contributed by atoms with E-state index < -0.39 is 0 Å². The van der Waals surface area contributed by atoms with E-state index in [0.717, 1.165) is 15.7 Å². The number of hydrogen-bond acceptors (Lipinski definition) is 1. The first kappa shape index (κ1) is 10.8. The second kappa shape index (κ2) is 4.41. The number of aromatic nitrogens is 1. The highest BCUT2D eigenvalue weighted by molar-refractivity contribution is 9.10. The summed E-state index contributed by atoms with van der Waals surface area (Å²) in [6.45, 7) is 0. The van der Waals surface area contributed by atoms with Crippen molar-refractivity contribution in [3.8, 4) is 11.3 Å². The van der Waals surface area contributed by atoms with Crippen LogP contribution in [0, 0.1) is 5.82 Å². The largest absolute Gasteiger partial charge is 0.256 e. The molecule has 0 radical (unpaired) electrons. The molecule has 15 heavy (non-hydrogen) atoms. The molecule has 0 saturated heterocycles. The van der Waals surface area contributed by atoms with Crippen LogP contribution in [-0.2, 0) is 0 Å². The lowest BCUT2D eigenvalue weighted by Crippen LogP contribution is -1.84. The predicted octanol–water partition coefficient (Wildman–Crippen LogP) is 4.41. The number of hydrogen-bond donors (Lipinski definition) is 0. The fourth-order valence-electron chi connectivity index (χ4n) is 1.26. The Kier molecular flexibility index (Phi) is 3.17. The minimum atomic E-state index is -0.277. The van der Waals surface area contributed by atoms with Gasteiger partial charge in [-0.25, -0.2) is 4.39 Å². The van der Waals surface area contributed by atoms with Gasteiger partial charge in [0.2, 0.25) is 0 Å². The first-order valence-electron chi connectivity index (χ1n) is 4.23. The van der Waals surface area contributed by atoms with Crippen molar-refractivity contribution in [2.45, 2.75) is 0 Å². The average Bonchev–Trinajstić information content (AvgIpc) is 2.16. The Labute approximate surface area is 104 Å². The Morgan fingerprint density at radius 3 is 2.47 bits per heavy atom. The maximum absolute atomic E-state index is 13.1. The van der Waals surface area contributed by atoms with Crippen molar-refractivity contribution in [1.82, 2.24) is 4.98 Å². The van der Waals surface area contributed by atoms with Gasteiger partial charge in [-0.3, -0.25) is 4.98 Å². The van der Waals surface area contributed by atoms with Gasteiger partial charge < -0.3 is 0 Å². The van der Waals surface area contributed by atoms with Crippen LogP contribution in [-0.4, -0.2) is 4.98 Å². The first-order chi connectivity index (χ1) is 7.15. The van der Waals surface area contributed by atoms with Crippen molar-refractivity contribution in [3.05, 3.63) is 51.3 Å². The lowest BCUT2D eigenvalue weighted by Gasteiger charge is -2.02. The Morgan fingerprint density at radius 2 is 1.80 bits per heavy atom. The van der Waals surface area contributed by atoms with E-state index in [1.807, 2.05) is 18.2 Å². The number of rotatable bonds is 1. The molecule has 0 amide bonds. The quantitative estimate of drug-likeness (QED) is 0.754. The third-order valence-electron chi connectivity index (χ3n) is 1.88. The molecule has 0 fully saturated rings. The fraction of sp³-hybridized carbons (Fsp3) is 0. The molecule has 0 aliphatic rings. The zero-order chi connectivity index (χ0) is 10.8. The summed E-state index contributed by atoms with van der Waals surface area (Å²) < 4.78 is 14.8. The zero-order valence-electron chi connectivity index (χ0n) is 7.55. The Bertz CT molecular complexity index is 479. The van der Waals surface area contributed by atoms with Gasteiger partial charge >= 0.3 is 0 Å². The summed E-state index contributed by atoms with van der Waals surface area (Å²) in [5.41, 5.74) is 1.49. The van der Waals surface area contributed by atoms with Crippen LogP contribution in [0.3, 0.4) is 0 Å². The highest BCUT2D eigenvalue weighted by Gasteiger charge is 2.03. The summed E-state index contributed by atoms with van der Waals surface area (Å²) in [5, 5.41) is 0. The topological polar surface area (TPSA) is 12.9 Å². The molecular formula is C11H6Br2FN. The standard InChI is InChI=1S/C11H6Br2FN/c12-8-1-2-15-11(6-8)7-3-9(13)5-10(14)4-7/h1-6H. The highest BCUT2D eigenvalue weighted by Crippen LogP contribution is 2.24. The van der Waals surface area contributed by atoms with Crippen molar-refractivity contribution < 1.29 is 4.39 Å². The molecule has 1 aromatic carbocycles. The molecular weight excluding hydrogens is 325 g/mol. The predicted molar refractivity (Wildman–Crippen MR) is 65.0 cm³/mol. The average molecular weight is 331 g/mol. The van der Waals surface area contributed by atoms with E-state index in [0.29, 0.717) is 4.47 Å². The van der Waals surface area contributed by atoms with E-state index >= 15 is 0 Å². The van der Waals surface area contributed by atoms with E-state index in [9.17, 15) is 4.39 Å². The SMILES string of the molecule is Fc1cc(Br)cc(-c2cc(Br)ccn2)c1. The Balaban J connectivity index is 2.54. The molecule has 1 nitrogen and oxygen atoms in total. The highest BCUT2D eigenvalue weighted by atomic mass is 79.9. The summed E-state index contributed by atoms with van der Waals surface area (Å²) in [4.78, 5) is 4.17. The Hall–Kier alpha value is -0.740. The summed E-state index contributed by atoms with van der Waals surface area (Å²) >= 11 is 6.60. The van der Waals surface area contributed by atoms with Crippen LogP contribution < -0.4 is 0 Å². The van der Waals surface area contributed by atoms with Gasteiger partial charge in [-0.05, 0) is 30.3 Å². The molecule has 0 bridgehead atoms. The third-order valence-corrected chi connectivity index (χ3v) is 2.83. The molecule has 0 saturated carbocycles. The van der Waals surface area contributed by atoms with Crippen molar-refractivity contribution in [2.24, 2.45) is 0 Å². The molecule has 0 atom stereocenters. The van der Waals surface area contributed by atoms with Gasteiger partial charge in [0.05, 0.1) is 5.69 Å². The summed E-state index contributed by atoms with van der Waals surface area (Å²) in [6, 6.07) is 8.39. The minimum absolute atomic E-state index is 0.277. The fourth-order valence-corrected chi connectivity index (χ4v) is 2.06.